The van der Waals surface area contributed by atoms with E-state index >= 15 is 0 Å². The van der Waals surface area contributed by atoms with Gasteiger partial charge in [-0.3, -0.25) is 9.59 Å². The SMILES string of the molecule is CCOC(=O)N1CCC(NC(=O)CC(C)CC(=O)Nc2ccc(C(C)C)cc2)CC1. The van der Waals surface area contributed by atoms with E-state index < -0.39 is 0 Å². The third-order valence-electron chi connectivity index (χ3n) is 5.31. The predicted octanol–water partition coefficient (Wildman–Crippen LogP) is 3.90. The molecule has 0 radical (unpaired) electrons. The second-order valence-electron chi connectivity index (χ2n) is 8.37. The first-order valence-corrected chi connectivity index (χ1v) is 10.9. The lowest BCUT2D eigenvalue weighted by atomic mass is 10.0. The van der Waals surface area contributed by atoms with Crippen LogP contribution in [0.1, 0.15) is 64.9 Å². The predicted molar refractivity (Wildman–Crippen MR) is 117 cm³/mol. The smallest absolute Gasteiger partial charge is 0.409 e. The molecule has 2 rings (SSSR count). The van der Waals surface area contributed by atoms with Gasteiger partial charge in [0.25, 0.3) is 0 Å². The maximum atomic E-state index is 12.3. The minimum atomic E-state index is -0.291. The van der Waals surface area contributed by atoms with Crippen molar-refractivity contribution < 1.29 is 19.1 Å². The number of benzene rings is 1. The highest BCUT2D eigenvalue weighted by molar-refractivity contribution is 5.91. The number of amides is 3. The summed E-state index contributed by atoms with van der Waals surface area (Å²) < 4.78 is 5.01. The Balaban J connectivity index is 1.69. The van der Waals surface area contributed by atoms with Gasteiger partial charge in [-0.25, -0.2) is 4.79 Å². The molecular weight excluding hydrogens is 382 g/mol. The molecule has 0 spiro atoms. The van der Waals surface area contributed by atoms with Crippen LogP contribution >= 0.6 is 0 Å². The van der Waals surface area contributed by atoms with Gasteiger partial charge in [0.2, 0.25) is 11.8 Å². The molecule has 3 amide bonds. The lowest BCUT2D eigenvalue weighted by Gasteiger charge is -2.31. The number of hydrogen-bond acceptors (Lipinski definition) is 4. The molecule has 1 heterocycles. The number of carbonyl (C=O) groups is 3. The van der Waals surface area contributed by atoms with Gasteiger partial charge in [-0.2, -0.15) is 0 Å². The summed E-state index contributed by atoms with van der Waals surface area (Å²) in [5, 5.41) is 5.93. The van der Waals surface area contributed by atoms with Gasteiger partial charge in [0.1, 0.15) is 0 Å². The Kier molecular flexibility index (Phi) is 9.15. The first kappa shape index (κ1) is 23.7. The summed E-state index contributed by atoms with van der Waals surface area (Å²) in [5.41, 5.74) is 2.00. The van der Waals surface area contributed by atoms with Crippen LogP contribution in [0.4, 0.5) is 10.5 Å². The van der Waals surface area contributed by atoms with Crippen LogP contribution in [0.2, 0.25) is 0 Å². The van der Waals surface area contributed by atoms with Crippen molar-refractivity contribution in [1.82, 2.24) is 10.2 Å². The third-order valence-corrected chi connectivity index (χ3v) is 5.31. The third kappa shape index (κ3) is 7.69. The molecule has 1 aromatic rings. The van der Waals surface area contributed by atoms with Gasteiger partial charge in [-0.05, 0) is 49.3 Å². The van der Waals surface area contributed by atoms with Crippen molar-refractivity contribution in [2.24, 2.45) is 5.92 Å². The molecule has 1 fully saturated rings. The topological polar surface area (TPSA) is 87.7 Å². The number of hydrogen-bond donors (Lipinski definition) is 2. The van der Waals surface area contributed by atoms with Gasteiger partial charge in [0.15, 0.2) is 0 Å². The van der Waals surface area contributed by atoms with Crippen LogP contribution in [0.3, 0.4) is 0 Å². The average Bonchev–Trinajstić information content (AvgIpc) is 2.68. The Morgan fingerprint density at radius 2 is 1.63 bits per heavy atom. The second-order valence-corrected chi connectivity index (χ2v) is 8.37. The molecule has 1 aliphatic rings. The van der Waals surface area contributed by atoms with Crippen molar-refractivity contribution in [3.8, 4) is 0 Å². The summed E-state index contributed by atoms with van der Waals surface area (Å²) in [6, 6.07) is 7.92. The molecule has 2 N–H and O–H groups in total. The van der Waals surface area contributed by atoms with Gasteiger partial charge < -0.3 is 20.3 Å². The normalized spacial score (nSPS) is 15.6. The van der Waals surface area contributed by atoms with Gasteiger partial charge in [-0.15, -0.1) is 0 Å². The highest BCUT2D eigenvalue weighted by Crippen LogP contribution is 2.18. The summed E-state index contributed by atoms with van der Waals surface area (Å²) in [6.07, 6.45) is 1.73. The summed E-state index contributed by atoms with van der Waals surface area (Å²) in [7, 11) is 0. The van der Waals surface area contributed by atoms with Crippen molar-refractivity contribution in [3.05, 3.63) is 29.8 Å². The Morgan fingerprint density at radius 3 is 2.20 bits per heavy atom. The first-order valence-electron chi connectivity index (χ1n) is 10.9. The van der Waals surface area contributed by atoms with Crippen molar-refractivity contribution >= 4 is 23.6 Å². The minimum Gasteiger partial charge on any atom is -0.450 e. The van der Waals surface area contributed by atoms with Crippen molar-refractivity contribution in [1.29, 1.82) is 0 Å². The Labute approximate surface area is 179 Å². The number of nitrogens with one attached hydrogen (secondary N) is 2. The molecule has 0 saturated carbocycles. The van der Waals surface area contributed by atoms with Crippen LogP contribution in [-0.4, -0.2) is 48.5 Å². The van der Waals surface area contributed by atoms with Crippen LogP contribution < -0.4 is 10.6 Å². The van der Waals surface area contributed by atoms with E-state index in [1.165, 1.54) is 5.56 Å². The number of likely N-dealkylation sites (tertiary alicyclic amines) is 1. The van der Waals surface area contributed by atoms with Crippen molar-refractivity contribution in [3.63, 3.8) is 0 Å². The fourth-order valence-electron chi connectivity index (χ4n) is 3.58. The molecule has 0 aromatic heterocycles. The molecule has 1 unspecified atom stereocenters. The average molecular weight is 418 g/mol. The van der Waals surface area contributed by atoms with E-state index in [-0.39, 0.29) is 29.9 Å². The summed E-state index contributed by atoms with van der Waals surface area (Å²) in [5.74, 6) is 0.256. The van der Waals surface area contributed by atoms with Gasteiger partial charge in [0, 0.05) is 37.7 Å². The molecule has 30 heavy (non-hydrogen) atoms. The summed E-state index contributed by atoms with van der Waals surface area (Å²) in [4.78, 5) is 38.0. The fraction of sp³-hybridized carbons (Fsp3) is 0.609. The maximum Gasteiger partial charge on any atom is 0.409 e. The van der Waals surface area contributed by atoms with Crippen molar-refractivity contribution in [2.75, 3.05) is 25.0 Å². The molecule has 1 aliphatic heterocycles. The first-order chi connectivity index (χ1) is 14.3. The Hall–Kier alpha value is -2.57. The lowest BCUT2D eigenvalue weighted by Crippen LogP contribution is -2.46. The molecule has 7 heteroatoms. The van der Waals surface area contributed by atoms with Crippen LogP contribution in [-0.2, 0) is 14.3 Å². The number of carbonyl (C=O) groups excluding carboxylic acids is 3. The van der Waals surface area contributed by atoms with E-state index in [0.717, 1.165) is 5.69 Å². The Bertz CT molecular complexity index is 710. The zero-order chi connectivity index (χ0) is 22.1. The zero-order valence-electron chi connectivity index (χ0n) is 18.6. The molecule has 1 atom stereocenters. The van der Waals surface area contributed by atoms with Gasteiger partial charge in [-0.1, -0.05) is 32.9 Å². The molecule has 166 valence electrons. The number of rotatable bonds is 8. The standard InChI is InChI=1S/C23H35N3O4/c1-5-30-23(29)26-12-10-20(11-13-26)25-22(28)15-17(4)14-21(27)24-19-8-6-18(7-9-19)16(2)3/h6-9,16-17,20H,5,10-15H2,1-4H3,(H,24,27)(H,25,28). The number of anilines is 1. The number of ether oxygens (including phenoxy) is 1. The molecule has 1 aromatic carbocycles. The molecule has 0 bridgehead atoms. The number of piperidine rings is 1. The minimum absolute atomic E-state index is 0.0498. The van der Waals surface area contributed by atoms with E-state index in [1.807, 2.05) is 31.2 Å². The largest absolute Gasteiger partial charge is 0.450 e. The lowest BCUT2D eigenvalue weighted by molar-refractivity contribution is -0.123. The zero-order valence-corrected chi connectivity index (χ0v) is 18.6. The van der Waals surface area contributed by atoms with Crippen LogP contribution in [0.15, 0.2) is 24.3 Å². The Morgan fingerprint density at radius 1 is 1.03 bits per heavy atom. The summed E-state index contributed by atoms with van der Waals surface area (Å²) >= 11 is 0. The monoisotopic (exact) mass is 417 g/mol. The van der Waals surface area contributed by atoms with E-state index in [1.54, 1.807) is 11.8 Å². The highest BCUT2D eigenvalue weighted by Gasteiger charge is 2.25. The van der Waals surface area contributed by atoms with E-state index in [9.17, 15) is 14.4 Å². The van der Waals surface area contributed by atoms with E-state index in [4.69, 9.17) is 4.74 Å². The van der Waals surface area contributed by atoms with Crippen LogP contribution in [0.5, 0.6) is 0 Å². The molecule has 7 nitrogen and oxygen atoms in total. The summed E-state index contributed by atoms with van der Waals surface area (Å²) in [6.45, 7) is 9.48. The van der Waals surface area contributed by atoms with E-state index in [2.05, 4.69) is 24.5 Å². The maximum absolute atomic E-state index is 12.3. The molecule has 1 saturated heterocycles. The van der Waals surface area contributed by atoms with Crippen molar-refractivity contribution in [2.45, 2.75) is 65.3 Å². The molecular formula is C23H35N3O4. The quantitative estimate of drug-likeness (QED) is 0.671. The van der Waals surface area contributed by atoms with Gasteiger partial charge in [0.05, 0.1) is 6.61 Å². The number of nitrogens with zero attached hydrogens (tertiary/aromatic N) is 1. The van der Waals surface area contributed by atoms with Crippen LogP contribution in [0, 0.1) is 5.92 Å². The second kappa shape index (κ2) is 11.6. The molecule has 0 aliphatic carbocycles. The van der Waals surface area contributed by atoms with Crippen LogP contribution in [0.25, 0.3) is 0 Å². The highest BCUT2D eigenvalue weighted by atomic mass is 16.6. The van der Waals surface area contributed by atoms with Gasteiger partial charge >= 0.3 is 6.09 Å². The fourth-order valence-corrected chi connectivity index (χ4v) is 3.58. The van der Waals surface area contributed by atoms with E-state index in [0.29, 0.717) is 51.3 Å².